The molecular formula is C10H13N3O2. The normalized spacial score (nSPS) is 17.1. The molecule has 5 heteroatoms. The molecule has 0 radical (unpaired) electrons. The topological polar surface area (TPSA) is 74.8 Å². The van der Waals surface area contributed by atoms with Gasteiger partial charge in [-0.25, -0.2) is 5.10 Å². The monoisotopic (exact) mass is 207 g/mol. The van der Waals surface area contributed by atoms with Gasteiger partial charge in [0, 0.05) is 12.1 Å². The molecule has 0 aliphatic heterocycles. The summed E-state index contributed by atoms with van der Waals surface area (Å²) in [6, 6.07) is 2.91. The Kier molecular flexibility index (Phi) is 2.53. The average molecular weight is 207 g/mol. The molecule has 1 fully saturated rings. The molecule has 0 saturated heterocycles. The second-order valence-corrected chi connectivity index (χ2v) is 3.91. The first kappa shape index (κ1) is 9.89. The van der Waals surface area contributed by atoms with Crippen molar-refractivity contribution < 1.29 is 4.79 Å². The van der Waals surface area contributed by atoms with Crippen LogP contribution in [0.15, 0.2) is 16.9 Å². The van der Waals surface area contributed by atoms with Gasteiger partial charge in [0.25, 0.3) is 11.5 Å². The largest absolute Gasteiger partial charge is 0.348 e. The second kappa shape index (κ2) is 3.84. The van der Waals surface area contributed by atoms with Gasteiger partial charge in [-0.15, -0.1) is 0 Å². The first-order chi connectivity index (χ1) is 7.16. The van der Waals surface area contributed by atoms with Crippen molar-refractivity contribution in [1.82, 2.24) is 15.5 Å². The number of nitrogens with one attached hydrogen (secondary N) is 2. The minimum atomic E-state index is -0.304. The number of carbonyl (C=O) groups is 1. The SMILES string of the molecule is CC(NC(=O)c1ccc(=O)[nH]n1)C1CC1. The van der Waals surface area contributed by atoms with E-state index in [2.05, 4.69) is 15.5 Å². The van der Waals surface area contributed by atoms with Crippen LogP contribution in [0, 0.1) is 5.92 Å². The molecule has 1 aromatic rings. The molecule has 0 spiro atoms. The molecule has 5 nitrogen and oxygen atoms in total. The summed E-state index contributed by atoms with van der Waals surface area (Å²) in [5.41, 5.74) is -0.0520. The maximum atomic E-state index is 11.6. The second-order valence-electron chi connectivity index (χ2n) is 3.91. The van der Waals surface area contributed by atoms with E-state index in [0.717, 1.165) is 0 Å². The lowest BCUT2D eigenvalue weighted by Crippen LogP contribution is -2.35. The van der Waals surface area contributed by atoms with E-state index in [1.165, 1.54) is 25.0 Å². The molecule has 1 aliphatic rings. The third-order valence-corrected chi connectivity index (χ3v) is 2.60. The third kappa shape index (κ3) is 2.43. The van der Waals surface area contributed by atoms with Crippen molar-refractivity contribution in [1.29, 1.82) is 0 Å². The van der Waals surface area contributed by atoms with Gasteiger partial charge in [-0.1, -0.05) is 0 Å². The fourth-order valence-corrected chi connectivity index (χ4v) is 1.47. The van der Waals surface area contributed by atoms with E-state index in [9.17, 15) is 9.59 Å². The first-order valence-corrected chi connectivity index (χ1v) is 5.03. The molecule has 1 aliphatic carbocycles. The van der Waals surface area contributed by atoms with Crippen molar-refractivity contribution in [2.45, 2.75) is 25.8 Å². The summed E-state index contributed by atoms with van der Waals surface area (Å²) in [7, 11) is 0. The summed E-state index contributed by atoms with van der Waals surface area (Å²) >= 11 is 0. The van der Waals surface area contributed by atoms with Crippen molar-refractivity contribution in [3.05, 3.63) is 28.2 Å². The van der Waals surface area contributed by atoms with Crippen LogP contribution in [0.1, 0.15) is 30.3 Å². The lowest BCUT2D eigenvalue weighted by molar-refractivity contribution is 0.0929. The van der Waals surface area contributed by atoms with Crippen LogP contribution in [0.3, 0.4) is 0 Å². The van der Waals surface area contributed by atoms with E-state index < -0.39 is 0 Å². The van der Waals surface area contributed by atoms with Crippen molar-refractivity contribution in [3.8, 4) is 0 Å². The van der Waals surface area contributed by atoms with Gasteiger partial charge in [0.05, 0.1) is 0 Å². The quantitative estimate of drug-likeness (QED) is 0.748. The predicted octanol–water partition coefficient (Wildman–Crippen LogP) is 0.298. The number of H-pyrrole nitrogens is 1. The molecule has 1 atom stereocenters. The number of amides is 1. The zero-order chi connectivity index (χ0) is 10.8. The van der Waals surface area contributed by atoms with Gasteiger partial charge in [-0.2, -0.15) is 5.10 Å². The summed E-state index contributed by atoms with van der Waals surface area (Å²) in [6.07, 6.45) is 2.36. The average Bonchev–Trinajstić information content (AvgIpc) is 3.01. The molecule has 80 valence electrons. The summed E-state index contributed by atoms with van der Waals surface area (Å²) in [5.74, 6) is 0.377. The molecule has 2 rings (SSSR count). The van der Waals surface area contributed by atoms with E-state index in [1.807, 2.05) is 6.92 Å². The Balaban J connectivity index is 2.00. The lowest BCUT2D eigenvalue weighted by Gasteiger charge is -2.11. The first-order valence-electron chi connectivity index (χ1n) is 5.03. The zero-order valence-corrected chi connectivity index (χ0v) is 8.49. The van der Waals surface area contributed by atoms with Gasteiger partial charge < -0.3 is 5.32 Å². The van der Waals surface area contributed by atoms with Crippen LogP contribution in [-0.2, 0) is 0 Å². The molecule has 1 amide bonds. The standard InChI is InChI=1S/C10H13N3O2/c1-6(7-2-3-7)11-10(15)8-4-5-9(14)13-12-8/h4-7H,2-3H2,1H3,(H,11,15)(H,13,14). The summed E-state index contributed by atoms with van der Waals surface area (Å²) in [6.45, 7) is 1.99. The molecule has 0 aromatic carbocycles. The highest BCUT2D eigenvalue weighted by atomic mass is 16.2. The summed E-state index contributed by atoms with van der Waals surface area (Å²) in [4.78, 5) is 22.3. The minimum absolute atomic E-state index is 0.186. The van der Waals surface area contributed by atoms with Crippen molar-refractivity contribution in [2.75, 3.05) is 0 Å². The van der Waals surface area contributed by atoms with Crippen LogP contribution in [0.4, 0.5) is 0 Å². The Morgan fingerprint density at radius 2 is 2.33 bits per heavy atom. The highest BCUT2D eigenvalue weighted by molar-refractivity contribution is 5.92. The number of aromatic amines is 1. The van der Waals surface area contributed by atoms with Crippen LogP contribution < -0.4 is 10.9 Å². The molecule has 1 unspecified atom stereocenters. The zero-order valence-electron chi connectivity index (χ0n) is 8.49. The molecule has 15 heavy (non-hydrogen) atoms. The fraction of sp³-hybridized carbons (Fsp3) is 0.500. The van der Waals surface area contributed by atoms with Crippen molar-refractivity contribution >= 4 is 5.91 Å². The molecule has 1 aromatic heterocycles. The molecule has 0 bridgehead atoms. The van der Waals surface area contributed by atoms with Gasteiger partial charge in [-0.05, 0) is 31.7 Å². The maximum absolute atomic E-state index is 11.6. The smallest absolute Gasteiger partial charge is 0.271 e. The number of aromatic nitrogens is 2. The maximum Gasteiger partial charge on any atom is 0.271 e. The van der Waals surface area contributed by atoms with E-state index in [0.29, 0.717) is 5.92 Å². The Morgan fingerprint density at radius 3 is 2.87 bits per heavy atom. The number of hydrogen-bond donors (Lipinski definition) is 2. The van der Waals surface area contributed by atoms with Crippen LogP contribution >= 0.6 is 0 Å². The van der Waals surface area contributed by atoms with Gasteiger partial charge in [0.15, 0.2) is 0 Å². The Bertz CT molecular complexity index is 402. The number of hydrogen-bond acceptors (Lipinski definition) is 3. The summed E-state index contributed by atoms with van der Waals surface area (Å²) < 4.78 is 0. The van der Waals surface area contributed by atoms with Crippen LogP contribution in [-0.4, -0.2) is 22.1 Å². The van der Waals surface area contributed by atoms with Crippen molar-refractivity contribution in [3.63, 3.8) is 0 Å². The number of rotatable bonds is 3. The predicted molar refractivity (Wildman–Crippen MR) is 54.5 cm³/mol. The molecule has 2 N–H and O–H groups in total. The summed E-state index contributed by atoms with van der Waals surface area (Å²) in [5, 5.41) is 8.75. The van der Waals surface area contributed by atoms with Gasteiger partial charge in [-0.3, -0.25) is 9.59 Å². The van der Waals surface area contributed by atoms with Crippen LogP contribution in [0.2, 0.25) is 0 Å². The van der Waals surface area contributed by atoms with Gasteiger partial charge in [0.1, 0.15) is 5.69 Å². The number of carbonyl (C=O) groups excluding carboxylic acids is 1. The molecular weight excluding hydrogens is 194 g/mol. The van der Waals surface area contributed by atoms with E-state index in [4.69, 9.17) is 0 Å². The number of nitrogens with zero attached hydrogens (tertiary/aromatic N) is 1. The molecule has 1 heterocycles. The van der Waals surface area contributed by atoms with Crippen LogP contribution in [0.5, 0.6) is 0 Å². The Morgan fingerprint density at radius 1 is 1.60 bits per heavy atom. The van der Waals surface area contributed by atoms with E-state index in [-0.39, 0.29) is 23.2 Å². The van der Waals surface area contributed by atoms with Gasteiger partial charge in [0.2, 0.25) is 0 Å². The fourth-order valence-electron chi connectivity index (χ4n) is 1.47. The van der Waals surface area contributed by atoms with E-state index in [1.54, 1.807) is 0 Å². The lowest BCUT2D eigenvalue weighted by atomic mass is 10.2. The van der Waals surface area contributed by atoms with Crippen molar-refractivity contribution in [2.24, 2.45) is 5.92 Å². The highest BCUT2D eigenvalue weighted by Crippen LogP contribution is 2.32. The third-order valence-electron chi connectivity index (χ3n) is 2.60. The highest BCUT2D eigenvalue weighted by Gasteiger charge is 2.29. The van der Waals surface area contributed by atoms with Crippen LogP contribution in [0.25, 0.3) is 0 Å². The Hall–Kier alpha value is -1.65. The minimum Gasteiger partial charge on any atom is -0.348 e. The van der Waals surface area contributed by atoms with E-state index >= 15 is 0 Å². The Labute approximate surface area is 86.9 Å². The van der Waals surface area contributed by atoms with Gasteiger partial charge >= 0.3 is 0 Å². The molecule has 1 saturated carbocycles.